The summed E-state index contributed by atoms with van der Waals surface area (Å²) in [6.45, 7) is 1.03. The number of furan rings is 1. The van der Waals surface area contributed by atoms with Crippen molar-refractivity contribution in [3.8, 4) is 11.5 Å². The van der Waals surface area contributed by atoms with Gasteiger partial charge in [0.05, 0.1) is 18.1 Å². The Morgan fingerprint density at radius 3 is 2.57 bits per heavy atom. The number of rotatable bonds is 5. The summed E-state index contributed by atoms with van der Waals surface area (Å²) in [4.78, 5) is 0.955. The minimum atomic E-state index is -3.86. The highest BCUT2D eigenvalue weighted by Gasteiger charge is 2.27. The fourth-order valence-electron chi connectivity index (χ4n) is 3.39. The van der Waals surface area contributed by atoms with E-state index in [9.17, 15) is 8.42 Å². The maximum Gasteiger partial charge on any atom is 0.241 e. The Morgan fingerprint density at radius 1 is 0.933 bits per heavy atom. The molecule has 154 valence electrons. The van der Waals surface area contributed by atoms with E-state index in [0.29, 0.717) is 36.1 Å². The summed E-state index contributed by atoms with van der Waals surface area (Å²) < 4.78 is 46.5. The third-order valence-electron chi connectivity index (χ3n) is 4.86. The van der Waals surface area contributed by atoms with Gasteiger partial charge in [-0.3, -0.25) is 0 Å². The van der Waals surface area contributed by atoms with Crippen molar-refractivity contribution >= 4 is 32.3 Å². The van der Waals surface area contributed by atoms with E-state index in [0.717, 1.165) is 16.7 Å². The van der Waals surface area contributed by atoms with E-state index < -0.39 is 16.1 Å². The van der Waals surface area contributed by atoms with Crippen LogP contribution >= 0.6 is 11.3 Å². The van der Waals surface area contributed by atoms with Gasteiger partial charge in [0.1, 0.15) is 17.4 Å². The van der Waals surface area contributed by atoms with E-state index in [-0.39, 0.29) is 4.90 Å². The van der Waals surface area contributed by atoms with Gasteiger partial charge in [-0.15, -0.1) is 11.3 Å². The van der Waals surface area contributed by atoms with Crippen LogP contribution in [0.2, 0.25) is 0 Å². The first-order valence-corrected chi connectivity index (χ1v) is 11.9. The topological polar surface area (TPSA) is 77.8 Å². The first-order chi connectivity index (χ1) is 14.6. The molecule has 0 aliphatic carbocycles. The fraction of sp³-hybridized carbons (Fsp3) is 0.182. The van der Waals surface area contributed by atoms with Crippen LogP contribution in [0.15, 0.2) is 75.4 Å². The zero-order valence-corrected chi connectivity index (χ0v) is 17.5. The predicted molar refractivity (Wildman–Crippen MR) is 115 cm³/mol. The monoisotopic (exact) mass is 441 g/mol. The lowest BCUT2D eigenvalue weighted by molar-refractivity contribution is 0.297. The summed E-state index contributed by atoms with van der Waals surface area (Å²) in [5.74, 6) is 1.53. The van der Waals surface area contributed by atoms with Gasteiger partial charge in [-0.25, -0.2) is 8.42 Å². The number of nitrogens with one attached hydrogen (secondary N) is 1. The highest BCUT2D eigenvalue weighted by atomic mass is 32.2. The van der Waals surface area contributed by atoms with Crippen LogP contribution in [0.25, 0.3) is 11.0 Å². The SMILES string of the molecule is O=S(=O)(N[C@@H](c1cc2ccccc2o1)c1cccs1)c1ccc2c(c1)OCCCO2. The molecule has 0 fully saturated rings. The van der Waals surface area contributed by atoms with Crippen LogP contribution in [-0.2, 0) is 10.0 Å². The van der Waals surface area contributed by atoms with Gasteiger partial charge in [0.25, 0.3) is 0 Å². The van der Waals surface area contributed by atoms with Gasteiger partial charge in [0.15, 0.2) is 11.5 Å². The zero-order valence-electron chi connectivity index (χ0n) is 15.9. The normalized spacial score (nSPS) is 15.1. The molecule has 0 unspecified atom stereocenters. The van der Waals surface area contributed by atoms with Crippen molar-refractivity contribution in [3.05, 3.63) is 76.7 Å². The molecule has 0 saturated carbocycles. The van der Waals surface area contributed by atoms with E-state index in [4.69, 9.17) is 13.9 Å². The molecule has 1 atom stereocenters. The van der Waals surface area contributed by atoms with Crippen molar-refractivity contribution in [2.24, 2.45) is 0 Å². The Hall–Kier alpha value is -2.81. The van der Waals surface area contributed by atoms with Crippen LogP contribution in [0, 0.1) is 0 Å². The molecule has 2 aromatic heterocycles. The molecule has 1 aliphatic heterocycles. The van der Waals surface area contributed by atoms with Crippen molar-refractivity contribution in [1.29, 1.82) is 0 Å². The molecule has 5 rings (SSSR count). The van der Waals surface area contributed by atoms with Crippen molar-refractivity contribution in [3.63, 3.8) is 0 Å². The molecule has 1 aliphatic rings. The minimum absolute atomic E-state index is 0.115. The van der Waals surface area contributed by atoms with E-state index in [2.05, 4.69) is 4.72 Å². The average Bonchev–Trinajstić information content (AvgIpc) is 3.37. The predicted octanol–water partition coefficient (Wildman–Crippen LogP) is 4.72. The second-order valence-electron chi connectivity index (χ2n) is 6.92. The highest BCUT2D eigenvalue weighted by Crippen LogP contribution is 2.35. The third kappa shape index (κ3) is 3.69. The molecular formula is C22H19NO5S2. The molecule has 30 heavy (non-hydrogen) atoms. The van der Waals surface area contributed by atoms with Gasteiger partial charge in [-0.1, -0.05) is 24.3 Å². The molecule has 1 N–H and O–H groups in total. The summed E-state index contributed by atoms with van der Waals surface area (Å²) in [6, 6.07) is 17.3. The Labute approximate surface area is 178 Å². The molecule has 0 saturated heterocycles. The van der Waals surface area contributed by atoms with E-state index in [1.54, 1.807) is 6.07 Å². The third-order valence-corrected chi connectivity index (χ3v) is 7.22. The summed E-state index contributed by atoms with van der Waals surface area (Å²) in [5, 5.41) is 2.83. The molecular weight excluding hydrogens is 422 g/mol. The lowest BCUT2D eigenvalue weighted by Gasteiger charge is -2.16. The molecule has 4 aromatic rings. The van der Waals surface area contributed by atoms with Gasteiger partial charge in [-0.2, -0.15) is 4.72 Å². The van der Waals surface area contributed by atoms with E-state index in [1.165, 1.54) is 23.5 Å². The molecule has 0 bridgehead atoms. The number of thiophene rings is 1. The second kappa shape index (κ2) is 7.79. The first-order valence-electron chi connectivity index (χ1n) is 9.54. The van der Waals surface area contributed by atoms with Crippen molar-refractivity contribution in [2.75, 3.05) is 13.2 Å². The second-order valence-corrected chi connectivity index (χ2v) is 9.61. The Bertz CT molecular complexity index is 1250. The van der Waals surface area contributed by atoms with Crippen LogP contribution < -0.4 is 14.2 Å². The van der Waals surface area contributed by atoms with E-state index >= 15 is 0 Å². The Kier molecular flexibility index (Phi) is 4.98. The van der Waals surface area contributed by atoms with Crippen molar-refractivity contribution in [2.45, 2.75) is 17.4 Å². The summed E-state index contributed by atoms with van der Waals surface area (Å²) >= 11 is 1.47. The van der Waals surface area contributed by atoms with Gasteiger partial charge < -0.3 is 13.9 Å². The highest BCUT2D eigenvalue weighted by molar-refractivity contribution is 7.89. The summed E-state index contributed by atoms with van der Waals surface area (Å²) in [7, 11) is -3.86. The van der Waals surface area contributed by atoms with Crippen LogP contribution in [0.4, 0.5) is 0 Å². The Balaban J connectivity index is 1.52. The van der Waals surface area contributed by atoms with Crippen LogP contribution in [0.1, 0.15) is 23.1 Å². The average molecular weight is 442 g/mol. The number of benzene rings is 2. The van der Waals surface area contributed by atoms with E-state index in [1.807, 2.05) is 47.8 Å². The quantitative estimate of drug-likeness (QED) is 0.485. The lowest BCUT2D eigenvalue weighted by atomic mass is 10.2. The van der Waals surface area contributed by atoms with Crippen LogP contribution in [-0.4, -0.2) is 21.6 Å². The number of sulfonamides is 1. The number of ether oxygens (including phenoxy) is 2. The maximum absolute atomic E-state index is 13.3. The number of hydrogen-bond acceptors (Lipinski definition) is 6. The van der Waals surface area contributed by atoms with Gasteiger partial charge >= 0.3 is 0 Å². The molecule has 0 spiro atoms. The smallest absolute Gasteiger partial charge is 0.241 e. The standard InChI is InChI=1S/C22H19NO5S2/c24-30(25,16-8-9-18-19(14-16)27-11-4-10-26-18)23-22(21-7-3-12-29-21)20-13-15-5-1-2-6-17(15)28-20/h1-3,5-9,12-14,22-23H,4,10-11H2/t22-/m0/s1. The molecule has 0 radical (unpaired) electrons. The maximum atomic E-state index is 13.3. The van der Waals surface area contributed by atoms with Crippen LogP contribution in [0.3, 0.4) is 0 Å². The molecule has 6 nitrogen and oxygen atoms in total. The molecule has 3 heterocycles. The van der Waals surface area contributed by atoms with Gasteiger partial charge in [0, 0.05) is 22.8 Å². The van der Waals surface area contributed by atoms with Crippen molar-refractivity contribution in [1.82, 2.24) is 4.72 Å². The van der Waals surface area contributed by atoms with Gasteiger partial charge in [0.2, 0.25) is 10.0 Å². The first kappa shape index (κ1) is 19.2. The van der Waals surface area contributed by atoms with Crippen molar-refractivity contribution < 1.29 is 22.3 Å². The Morgan fingerprint density at radius 2 is 1.77 bits per heavy atom. The molecule has 0 amide bonds. The molecule has 2 aromatic carbocycles. The summed E-state index contributed by atoms with van der Waals surface area (Å²) in [5.41, 5.74) is 0.712. The zero-order chi connectivity index (χ0) is 20.6. The molecule has 8 heteroatoms. The van der Waals surface area contributed by atoms with Crippen LogP contribution in [0.5, 0.6) is 11.5 Å². The summed E-state index contributed by atoms with van der Waals surface area (Å²) in [6.07, 6.45) is 0.752. The number of hydrogen-bond donors (Lipinski definition) is 1. The fourth-order valence-corrected chi connectivity index (χ4v) is 5.45. The minimum Gasteiger partial charge on any atom is -0.490 e. The number of fused-ring (bicyclic) bond motifs is 2. The number of para-hydroxylation sites is 1. The van der Waals surface area contributed by atoms with Gasteiger partial charge in [-0.05, 0) is 35.7 Å². The largest absolute Gasteiger partial charge is 0.490 e. The lowest BCUT2D eigenvalue weighted by Crippen LogP contribution is -2.28.